The molecule has 1 aliphatic rings. The van der Waals surface area contributed by atoms with Crippen LogP contribution in [0.4, 0.5) is 10.1 Å². The average Bonchev–Trinajstić information content (AvgIpc) is 3.34. The van der Waals surface area contributed by atoms with Crippen LogP contribution in [0, 0.1) is 11.7 Å². The first-order valence-electron chi connectivity index (χ1n) is 10.5. The number of carbonyl (C=O) groups is 3. The lowest BCUT2D eigenvalue weighted by molar-refractivity contribution is -0.126. The van der Waals surface area contributed by atoms with Crippen molar-refractivity contribution in [3.63, 3.8) is 0 Å². The first-order valence-corrected chi connectivity index (χ1v) is 11.3. The van der Waals surface area contributed by atoms with Crippen LogP contribution in [-0.4, -0.2) is 45.9 Å². The van der Waals surface area contributed by atoms with Crippen molar-refractivity contribution < 1.29 is 18.8 Å². The Morgan fingerprint density at radius 2 is 1.76 bits per heavy atom. The molecule has 1 atom stereocenters. The van der Waals surface area contributed by atoms with E-state index in [2.05, 4.69) is 20.8 Å². The van der Waals surface area contributed by atoms with Gasteiger partial charge in [0.05, 0.1) is 5.92 Å². The smallest absolute Gasteiger partial charge is 0.286 e. The Labute approximate surface area is 193 Å². The van der Waals surface area contributed by atoms with Gasteiger partial charge in [-0.1, -0.05) is 47.7 Å². The lowest BCUT2D eigenvalue weighted by atomic mass is 9.97. The topological polar surface area (TPSA) is 104 Å². The van der Waals surface area contributed by atoms with Gasteiger partial charge in [0, 0.05) is 30.9 Å². The maximum absolute atomic E-state index is 13.8. The molecule has 8 nitrogen and oxygen atoms in total. The van der Waals surface area contributed by atoms with Gasteiger partial charge in [-0.15, -0.1) is 10.2 Å². The standard InChI is InChI=1S/C23H22FN5O3S/c24-18-11-5-4-7-15(18)13-25-19(30)16-8-6-12-29(14-16)23(32)22-28-27-21(33-22)20(31)26-17-9-2-1-3-10-17/h1-5,7,9-11,16H,6,8,12-14H2,(H,25,30)(H,26,31)/t16-/m0/s1. The van der Waals surface area contributed by atoms with Crippen molar-refractivity contribution in [2.75, 3.05) is 18.4 Å². The fourth-order valence-electron chi connectivity index (χ4n) is 3.59. The van der Waals surface area contributed by atoms with Crippen molar-refractivity contribution in [1.82, 2.24) is 20.4 Å². The molecule has 1 saturated heterocycles. The Hall–Kier alpha value is -3.66. The van der Waals surface area contributed by atoms with Crippen LogP contribution in [0.3, 0.4) is 0 Å². The summed E-state index contributed by atoms with van der Waals surface area (Å²) in [6, 6.07) is 15.2. The lowest BCUT2D eigenvalue weighted by Gasteiger charge is -2.31. The minimum Gasteiger partial charge on any atom is -0.352 e. The summed E-state index contributed by atoms with van der Waals surface area (Å²) >= 11 is 0.913. The zero-order valence-electron chi connectivity index (χ0n) is 17.7. The van der Waals surface area contributed by atoms with Crippen molar-refractivity contribution >= 4 is 34.7 Å². The molecule has 0 radical (unpaired) electrons. The molecule has 2 aromatic carbocycles. The number of piperidine rings is 1. The lowest BCUT2D eigenvalue weighted by Crippen LogP contribution is -2.45. The highest BCUT2D eigenvalue weighted by Crippen LogP contribution is 2.21. The van der Waals surface area contributed by atoms with E-state index in [9.17, 15) is 18.8 Å². The van der Waals surface area contributed by atoms with Crippen molar-refractivity contribution in [3.8, 4) is 0 Å². The van der Waals surface area contributed by atoms with Gasteiger partial charge in [0.1, 0.15) is 5.82 Å². The number of aromatic nitrogens is 2. The van der Waals surface area contributed by atoms with E-state index in [1.165, 1.54) is 6.07 Å². The first kappa shape index (κ1) is 22.5. The maximum Gasteiger partial charge on any atom is 0.286 e. The van der Waals surface area contributed by atoms with Gasteiger partial charge in [0.2, 0.25) is 15.9 Å². The van der Waals surface area contributed by atoms with E-state index in [-0.39, 0.29) is 40.7 Å². The second-order valence-corrected chi connectivity index (χ2v) is 8.61. The number of likely N-dealkylation sites (tertiary alicyclic amines) is 1. The van der Waals surface area contributed by atoms with Crippen LogP contribution in [0.5, 0.6) is 0 Å². The number of rotatable bonds is 6. The molecule has 3 aromatic rings. The van der Waals surface area contributed by atoms with Crippen LogP contribution < -0.4 is 10.6 Å². The van der Waals surface area contributed by atoms with E-state index >= 15 is 0 Å². The van der Waals surface area contributed by atoms with Gasteiger partial charge in [-0.25, -0.2) is 4.39 Å². The molecule has 2 heterocycles. The molecule has 10 heteroatoms. The largest absolute Gasteiger partial charge is 0.352 e. The maximum atomic E-state index is 13.8. The highest BCUT2D eigenvalue weighted by Gasteiger charge is 2.31. The summed E-state index contributed by atoms with van der Waals surface area (Å²) in [7, 11) is 0. The molecular formula is C23H22FN5O3S. The highest BCUT2D eigenvalue weighted by molar-refractivity contribution is 7.15. The molecule has 1 aromatic heterocycles. The average molecular weight is 468 g/mol. The van der Waals surface area contributed by atoms with E-state index in [4.69, 9.17) is 0 Å². The van der Waals surface area contributed by atoms with Gasteiger partial charge in [-0.05, 0) is 31.0 Å². The van der Waals surface area contributed by atoms with E-state index in [1.54, 1.807) is 47.4 Å². The highest BCUT2D eigenvalue weighted by atomic mass is 32.1. The van der Waals surface area contributed by atoms with Gasteiger partial charge in [0.25, 0.3) is 11.8 Å². The SMILES string of the molecule is O=C(Nc1ccccc1)c1nnc(C(=O)N2CCC[C@H](C(=O)NCc3ccccc3F)C2)s1. The van der Waals surface area contributed by atoms with Crippen molar-refractivity contribution in [1.29, 1.82) is 0 Å². The minimum atomic E-state index is -0.443. The summed E-state index contributed by atoms with van der Waals surface area (Å²) in [4.78, 5) is 39.4. The zero-order chi connectivity index (χ0) is 23.2. The fourth-order valence-corrected chi connectivity index (χ4v) is 4.29. The third kappa shape index (κ3) is 5.58. The van der Waals surface area contributed by atoms with Gasteiger partial charge >= 0.3 is 0 Å². The van der Waals surface area contributed by atoms with Crippen LogP contribution in [0.15, 0.2) is 54.6 Å². The molecule has 0 unspecified atom stereocenters. The van der Waals surface area contributed by atoms with Crippen LogP contribution in [0.25, 0.3) is 0 Å². The normalized spacial score (nSPS) is 15.7. The molecule has 2 N–H and O–H groups in total. The predicted molar refractivity (Wildman–Crippen MR) is 121 cm³/mol. The van der Waals surface area contributed by atoms with Gasteiger partial charge < -0.3 is 15.5 Å². The van der Waals surface area contributed by atoms with Gasteiger partial charge in [0.15, 0.2) is 0 Å². The molecule has 33 heavy (non-hydrogen) atoms. The van der Waals surface area contributed by atoms with Crippen LogP contribution in [-0.2, 0) is 11.3 Å². The third-order valence-electron chi connectivity index (χ3n) is 5.32. The van der Waals surface area contributed by atoms with E-state index in [0.717, 1.165) is 11.3 Å². The van der Waals surface area contributed by atoms with Crippen molar-refractivity contribution in [3.05, 3.63) is 76.0 Å². The molecule has 0 spiro atoms. The Kier molecular flexibility index (Phi) is 7.04. The molecule has 0 bridgehead atoms. The summed E-state index contributed by atoms with van der Waals surface area (Å²) in [5, 5.41) is 13.4. The number of hydrogen-bond donors (Lipinski definition) is 2. The van der Waals surface area contributed by atoms with Crippen molar-refractivity contribution in [2.24, 2.45) is 5.92 Å². The minimum absolute atomic E-state index is 0.0818. The Morgan fingerprint density at radius 1 is 1.03 bits per heavy atom. The predicted octanol–water partition coefficient (Wildman–Crippen LogP) is 3.10. The first-order chi connectivity index (χ1) is 16.0. The number of nitrogens with one attached hydrogen (secondary N) is 2. The van der Waals surface area contributed by atoms with E-state index < -0.39 is 11.8 Å². The molecule has 1 fully saturated rings. The number of para-hydroxylation sites is 1. The molecule has 0 aliphatic carbocycles. The number of amides is 3. The second kappa shape index (κ2) is 10.3. The summed E-state index contributed by atoms with van der Waals surface area (Å²) < 4.78 is 13.8. The summed E-state index contributed by atoms with van der Waals surface area (Å²) in [6.07, 6.45) is 1.29. The molecule has 3 amide bonds. The number of anilines is 1. The van der Waals surface area contributed by atoms with Crippen molar-refractivity contribution in [2.45, 2.75) is 19.4 Å². The van der Waals surface area contributed by atoms with Gasteiger partial charge in [-0.2, -0.15) is 0 Å². The number of nitrogens with zero attached hydrogens (tertiary/aromatic N) is 3. The Bertz CT molecular complexity index is 1150. The molecular weight excluding hydrogens is 445 g/mol. The Morgan fingerprint density at radius 3 is 2.55 bits per heavy atom. The van der Waals surface area contributed by atoms with Crippen LogP contribution >= 0.6 is 11.3 Å². The fraction of sp³-hybridized carbons (Fsp3) is 0.261. The van der Waals surface area contributed by atoms with E-state index in [1.807, 2.05) is 6.07 Å². The van der Waals surface area contributed by atoms with Gasteiger partial charge in [-0.3, -0.25) is 14.4 Å². The number of benzene rings is 2. The Balaban J connectivity index is 1.34. The molecule has 4 rings (SSSR count). The molecule has 0 saturated carbocycles. The second-order valence-electron chi connectivity index (χ2n) is 7.63. The van der Waals surface area contributed by atoms with Crippen LogP contribution in [0.1, 0.15) is 38.0 Å². The summed E-state index contributed by atoms with van der Waals surface area (Å²) in [5.41, 5.74) is 1.02. The number of carbonyl (C=O) groups excluding carboxylic acids is 3. The summed E-state index contributed by atoms with van der Waals surface area (Å²) in [5.74, 6) is -1.81. The monoisotopic (exact) mass is 467 g/mol. The number of halogens is 1. The quantitative estimate of drug-likeness (QED) is 0.580. The third-order valence-corrected chi connectivity index (χ3v) is 6.23. The summed E-state index contributed by atoms with van der Waals surface area (Å²) in [6.45, 7) is 0.806. The number of hydrogen-bond acceptors (Lipinski definition) is 6. The zero-order valence-corrected chi connectivity index (χ0v) is 18.5. The van der Waals surface area contributed by atoms with E-state index in [0.29, 0.717) is 30.6 Å². The molecule has 1 aliphatic heterocycles. The molecule has 170 valence electrons. The van der Waals surface area contributed by atoms with Crippen LogP contribution in [0.2, 0.25) is 0 Å².